The first-order chi connectivity index (χ1) is 19.3. The summed E-state index contributed by atoms with van der Waals surface area (Å²) in [5.74, 6) is 0.787. The largest absolute Gasteiger partial charge is 0.488 e. The lowest BCUT2D eigenvalue weighted by Gasteiger charge is -2.35. The fourth-order valence-electron chi connectivity index (χ4n) is 6.46. The molecule has 3 aliphatic rings. The SMILES string of the molecule is Cc1cc(CN2CCS(=O)(=O)CC2)ccc1COc1ccccc1-c1csc(N2CC3CCC(C2)C3C(=O)O)n1. The van der Waals surface area contributed by atoms with E-state index in [0.717, 1.165) is 65.7 Å². The van der Waals surface area contributed by atoms with Gasteiger partial charge < -0.3 is 14.7 Å². The number of nitrogens with zero attached hydrogens (tertiary/aromatic N) is 3. The highest BCUT2D eigenvalue weighted by Gasteiger charge is 2.46. The lowest BCUT2D eigenvalue weighted by molar-refractivity contribution is -0.144. The maximum Gasteiger partial charge on any atom is 0.307 e. The summed E-state index contributed by atoms with van der Waals surface area (Å²) in [6, 6.07) is 14.3. The Morgan fingerprint density at radius 1 is 1.10 bits per heavy atom. The van der Waals surface area contributed by atoms with Gasteiger partial charge in [0.25, 0.3) is 0 Å². The molecule has 1 aromatic heterocycles. The van der Waals surface area contributed by atoms with Gasteiger partial charge in [-0.25, -0.2) is 13.4 Å². The lowest BCUT2D eigenvalue weighted by Crippen LogP contribution is -2.44. The van der Waals surface area contributed by atoms with Crippen LogP contribution >= 0.6 is 11.3 Å². The van der Waals surface area contributed by atoms with E-state index < -0.39 is 15.8 Å². The summed E-state index contributed by atoms with van der Waals surface area (Å²) in [5.41, 5.74) is 5.25. The van der Waals surface area contributed by atoms with Crippen molar-refractivity contribution in [2.45, 2.75) is 32.9 Å². The van der Waals surface area contributed by atoms with Crippen LogP contribution < -0.4 is 9.64 Å². The molecule has 3 fully saturated rings. The Hall–Kier alpha value is -2.95. The monoisotopic (exact) mass is 581 g/mol. The third kappa shape index (κ3) is 5.75. The molecule has 2 aromatic carbocycles. The number of anilines is 1. The smallest absolute Gasteiger partial charge is 0.307 e. The summed E-state index contributed by atoms with van der Waals surface area (Å²) in [5, 5.41) is 12.7. The van der Waals surface area contributed by atoms with E-state index >= 15 is 0 Å². The zero-order valence-corrected chi connectivity index (χ0v) is 24.3. The van der Waals surface area contributed by atoms with Gasteiger partial charge in [-0.15, -0.1) is 11.3 Å². The number of fused-ring (bicyclic) bond motifs is 2. The molecule has 8 nitrogen and oxygen atoms in total. The molecular formula is C30H35N3O5S2. The summed E-state index contributed by atoms with van der Waals surface area (Å²) < 4.78 is 29.8. The molecule has 2 unspecified atom stereocenters. The number of hydrogen-bond donors (Lipinski definition) is 1. The number of sulfone groups is 1. The second-order valence-electron chi connectivity index (χ2n) is 11.4. The standard InChI is InChI=1S/C30H35N3O5S2/c1-20-14-21(15-32-10-12-40(36,37)13-11-32)6-7-24(20)18-38-27-5-3-2-4-25(27)26-19-39-30(31-26)33-16-22-8-9-23(17-33)28(22)29(34)35/h2-7,14,19,22-23,28H,8-13,15-18H2,1H3,(H,34,35). The summed E-state index contributed by atoms with van der Waals surface area (Å²) in [6.45, 7) is 5.96. The number of ether oxygens (including phenoxy) is 1. The quantitative estimate of drug-likeness (QED) is 0.416. The zero-order valence-electron chi connectivity index (χ0n) is 22.7. The highest BCUT2D eigenvalue weighted by molar-refractivity contribution is 7.91. The summed E-state index contributed by atoms with van der Waals surface area (Å²) >= 11 is 1.61. The Morgan fingerprint density at radius 2 is 1.82 bits per heavy atom. The fourth-order valence-corrected chi connectivity index (χ4v) is 8.58. The number of thiazole rings is 1. The van der Waals surface area contributed by atoms with Gasteiger partial charge in [-0.2, -0.15) is 0 Å². The molecule has 212 valence electrons. The molecule has 0 amide bonds. The fraction of sp³-hybridized carbons (Fsp3) is 0.467. The Morgan fingerprint density at radius 3 is 2.52 bits per heavy atom. The second-order valence-corrected chi connectivity index (χ2v) is 14.5. The third-order valence-corrected chi connectivity index (χ3v) is 11.2. The molecule has 2 bridgehead atoms. The van der Waals surface area contributed by atoms with E-state index in [-0.39, 0.29) is 29.3 Å². The van der Waals surface area contributed by atoms with Crippen molar-refractivity contribution in [2.24, 2.45) is 17.8 Å². The summed E-state index contributed by atoms with van der Waals surface area (Å²) in [6.07, 6.45) is 1.96. The molecule has 40 heavy (non-hydrogen) atoms. The van der Waals surface area contributed by atoms with Gasteiger partial charge in [0, 0.05) is 43.7 Å². The van der Waals surface area contributed by atoms with Gasteiger partial charge in [0.1, 0.15) is 12.4 Å². The summed E-state index contributed by atoms with van der Waals surface area (Å²) in [4.78, 5) is 21.1. The number of piperidine rings is 1. The van der Waals surface area contributed by atoms with Crippen molar-refractivity contribution in [3.63, 3.8) is 0 Å². The van der Waals surface area contributed by atoms with E-state index in [4.69, 9.17) is 9.72 Å². The topological polar surface area (TPSA) is 100 Å². The Bertz CT molecular complexity index is 1480. The molecule has 2 saturated heterocycles. The van der Waals surface area contributed by atoms with Gasteiger partial charge in [-0.1, -0.05) is 30.3 Å². The minimum absolute atomic E-state index is 0.199. The van der Waals surface area contributed by atoms with Gasteiger partial charge in [-0.05, 0) is 60.4 Å². The number of carboxylic acids is 1. The van der Waals surface area contributed by atoms with E-state index in [0.29, 0.717) is 19.7 Å². The molecule has 3 heterocycles. The molecule has 3 aromatic rings. The number of aryl methyl sites for hydroxylation is 1. The van der Waals surface area contributed by atoms with E-state index in [1.165, 1.54) is 5.56 Å². The Labute approximate surface area is 239 Å². The van der Waals surface area contributed by atoms with E-state index in [9.17, 15) is 18.3 Å². The number of aromatic nitrogens is 1. The highest BCUT2D eigenvalue weighted by Crippen LogP contribution is 2.44. The average molecular weight is 582 g/mol. The third-order valence-electron chi connectivity index (χ3n) is 8.68. The first-order valence-electron chi connectivity index (χ1n) is 13.9. The number of benzene rings is 2. The zero-order chi connectivity index (χ0) is 27.9. The van der Waals surface area contributed by atoms with E-state index in [2.05, 4.69) is 40.3 Å². The van der Waals surface area contributed by atoms with Crippen molar-refractivity contribution in [3.8, 4) is 17.0 Å². The number of aliphatic carboxylic acids is 1. The van der Waals surface area contributed by atoms with Crippen molar-refractivity contribution in [1.29, 1.82) is 0 Å². The van der Waals surface area contributed by atoms with Crippen LogP contribution in [0.2, 0.25) is 0 Å². The van der Waals surface area contributed by atoms with Gasteiger partial charge >= 0.3 is 5.97 Å². The molecule has 0 spiro atoms. The van der Waals surface area contributed by atoms with Crippen LogP contribution in [0.4, 0.5) is 5.13 Å². The average Bonchev–Trinajstić information content (AvgIpc) is 3.52. The van der Waals surface area contributed by atoms with E-state index in [1.807, 2.05) is 24.3 Å². The number of hydrogen-bond acceptors (Lipinski definition) is 8. The number of carbonyl (C=O) groups is 1. The van der Waals surface area contributed by atoms with Crippen LogP contribution in [0.3, 0.4) is 0 Å². The predicted octanol–water partition coefficient (Wildman–Crippen LogP) is 4.47. The maximum atomic E-state index is 11.7. The minimum atomic E-state index is -2.88. The molecule has 1 N–H and O–H groups in total. The minimum Gasteiger partial charge on any atom is -0.488 e. The van der Waals surface area contributed by atoms with Gasteiger partial charge in [-0.3, -0.25) is 9.69 Å². The molecule has 0 radical (unpaired) electrons. The van der Waals surface area contributed by atoms with Crippen LogP contribution in [0.5, 0.6) is 5.75 Å². The molecule has 2 aliphatic heterocycles. The van der Waals surface area contributed by atoms with Gasteiger partial charge in [0.2, 0.25) is 0 Å². The molecule has 10 heteroatoms. The normalized spacial score (nSPS) is 24.2. The maximum absolute atomic E-state index is 11.7. The molecule has 1 saturated carbocycles. The van der Waals surface area contributed by atoms with Crippen LogP contribution in [-0.2, 0) is 27.8 Å². The predicted molar refractivity (Wildman–Crippen MR) is 157 cm³/mol. The molecule has 6 rings (SSSR count). The second kappa shape index (κ2) is 11.1. The number of carboxylic acid groups (broad SMARTS) is 1. The highest BCUT2D eigenvalue weighted by atomic mass is 32.2. The Balaban J connectivity index is 1.11. The first kappa shape index (κ1) is 27.2. The molecular weight excluding hydrogens is 546 g/mol. The first-order valence-corrected chi connectivity index (χ1v) is 16.6. The molecule has 1 aliphatic carbocycles. The van der Waals surface area contributed by atoms with Crippen molar-refractivity contribution in [3.05, 3.63) is 64.5 Å². The van der Waals surface area contributed by atoms with Crippen LogP contribution in [0.1, 0.15) is 29.5 Å². The van der Waals surface area contributed by atoms with Gasteiger partial charge in [0.05, 0.1) is 23.1 Å². The number of rotatable bonds is 8. The van der Waals surface area contributed by atoms with Crippen LogP contribution in [0.25, 0.3) is 11.3 Å². The summed E-state index contributed by atoms with van der Waals surface area (Å²) in [7, 11) is -2.88. The Kier molecular flexibility index (Phi) is 7.58. The van der Waals surface area contributed by atoms with Crippen LogP contribution in [-0.4, -0.2) is 67.1 Å². The number of para-hydroxylation sites is 1. The molecule has 2 atom stereocenters. The van der Waals surface area contributed by atoms with Gasteiger partial charge in [0.15, 0.2) is 15.0 Å². The van der Waals surface area contributed by atoms with Crippen LogP contribution in [0.15, 0.2) is 47.8 Å². The van der Waals surface area contributed by atoms with Crippen molar-refractivity contribution in [2.75, 3.05) is 42.6 Å². The van der Waals surface area contributed by atoms with Crippen molar-refractivity contribution < 1.29 is 23.1 Å². The lowest BCUT2D eigenvalue weighted by atomic mass is 9.85. The van der Waals surface area contributed by atoms with Crippen molar-refractivity contribution >= 4 is 32.3 Å². The van der Waals surface area contributed by atoms with Crippen molar-refractivity contribution in [1.82, 2.24) is 9.88 Å². The van der Waals surface area contributed by atoms with E-state index in [1.54, 1.807) is 11.3 Å². The van der Waals surface area contributed by atoms with Crippen LogP contribution in [0, 0.1) is 24.7 Å².